The van der Waals surface area contributed by atoms with Gasteiger partial charge in [-0.05, 0) is 25.7 Å². The highest BCUT2D eigenvalue weighted by molar-refractivity contribution is 8.18. The molecule has 2 saturated heterocycles. The van der Waals surface area contributed by atoms with Gasteiger partial charge in [-0.15, -0.1) is 35.3 Å². The van der Waals surface area contributed by atoms with Crippen LogP contribution in [0.1, 0.15) is 25.7 Å². The van der Waals surface area contributed by atoms with Crippen molar-refractivity contribution in [1.82, 2.24) is 0 Å². The zero-order valence-corrected chi connectivity index (χ0v) is 12.8. The lowest BCUT2D eigenvalue weighted by Gasteiger charge is -2.49. The third-order valence-corrected chi connectivity index (χ3v) is 9.21. The van der Waals surface area contributed by atoms with E-state index in [4.69, 9.17) is 4.74 Å². The van der Waals surface area contributed by atoms with E-state index in [1.165, 1.54) is 0 Å². The van der Waals surface area contributed by atoms with Crippen molar-refractivity contribution >= 4 is 35.3 Å². The minimum absolute atomic E-state index is 0.0261. The molecular formula is C12H20O3S3. The molecule has 0 aromatic heterocycles. The predicted molar refractivity (Wildman–Crippen MR) is 79.3 cm³/mol. The van der Waals surface area contributed by atoms with Crippen LogP contribution >= 0.6 is 35.3 Å². The summed E-state index contributed by atoms with van der Waals surface area (Å²) in [6, 6.07) is 0. The summed E-state index contributed by atoms with van der Waals surface area (Å²) in [6.07, 6.45) is 4.08. The molecule has 3 rings (SSSR count). The van der Waals surface area contributed by atoms with Gasteiger partial charge in [0.25, 0.3) is 0 Å². The Morgan fingerprint density at radius 3 is 2.00 bits per heavy atom. The lowest BCUT2D eigenvalue weighted by Crippen LogP contribution is -2.46. The zero-order chi connectivity index (χ0) is 12.6. The van der Waals surface area contributed by atoms with E-state index in [9.17, 15) is 10.2 Å². The predicted octanol–water partition coefficient (Wildman–Crippen LogP) is 1.92. The number of rotatable bonds is 0. The molecule has 18 heavy (non-hydrogen) atoms. The monoisotopic (exact) mass is 308 g/mol. The van der Waals surface area contributed by atoms with Crippen LogP contribution in [-0.4, -0.2) is 55.3 Å². The fourth-order valence-corrected chi connectivity index (χ4v) is 7.10. The Bertz CT molecular complexity index is 255. The first-order chi connectivity index (χ1) is 8.62. The van der Waals surface area contributed by atoms with Crippen molar-refractivity contribution in [2.75, 3.05) is 23.9 Å². The highest BCUT2D eigenvalue weighted by atomic mass is 32.2. The molecule has 2 spiro atoms. The summed E-state index contributed by atoms with van der Waals surface area (Å²) in [6.45, 7) is 0.499. The van der Waals surface area contributed by atoms with E-state index in [1.807, 2.05) is 23.5 Å². The summed E-state index contributed by atoms with van der Waals surface area (Å²) in [7, 11) is 0. The second-order valence-corrected chi connectivity index (χ2v) is 9.80. The third kappa shape index (κ3) is 2.83. The van der Waals surface area contributed by atoms with Gasteiger partial charge in [-0.25, -0.2) is 0 Å². The molecule has 2 aliphatic heterocycles. The second-order valence-electron chi connectivity index (χ2n) is 5.37. The summed E-state index contributed by atoms with van der Waals surface area (Å²) >= 11 is 5.68. The van der Waals surface area contributed by atoms with Gasteiger partial charge in [0, 0.05) is 17.3 Å². The number of hydrogen-bond acceptors (Lipinski definition) is 6. The van der Waals surface area contributed by atoms with E-state index >= 15 is 0 Å². The third-order valence-electron chi connectivity index (χ3n) is 3.93. The molecule has 3 fully saturated rings. The standard InChI is InChI=1S/C12H20O3S3/c13-9-5-15-11(16-6-9)1-3-12(4-2-11)17-7-10(14)8-18-12/h9-10,13-14H,1-8H2. The van der Waals surface area contributed by atoms with Gasteiger partial charge in [0.1, 0.15) is 4.93 Å². The molecule has 1 saturated carbocycles. The van der Waals surface area contributed by atoms with Crippen LogP contribution in [0.2, 0.25) is 0 Å². The molecule has 0 amide bonds. The van der Waals surface area contributed by atoms with E-state index in [0.29, 0.717) is 10.7 Å². The summed E-state index contributed by atoms with van der Waals surface area (Å²) in [5.74, 6) is 2.57. The summed E-state index contributed by atoms with van der Waals surface area (Å²) in [4.78, 5) is -0.0261. The molecule has 3 aliphatic rings. The second kappa shape index (κ2) is 5.37. The average molecular weight is 308 g/mol. The highest BCUT2D eigenvalue weighted by Gasteiger charge is 2.47. The zero-order valence-electron chi connectivity index (χ0n) is 10.3. The van der Waals surface area contributed by atoms with E-state index in [0.717, 1.165) is 42.9 Å². The highest BCUT2D eigenvalue weighted by Crippen LogP contribution is 2.56. The van der Waals surface area contributed by atoms with E-state index < -0.39 is 0 Å². The van der Waals surface area contributed by atoms with Crippen LogP contribution in [0.25, 0.3) is 0 Å². The molecule has 0 bridgehead atoms. The van der Waals surface area contributed by atoms with Gasteiger partial charge in [0.05, 0.1) is 22.9 Å². The Morgan fingerprint density at radius 2 is 1.44 bits per heavy atom. The van der Waals surface area contributed by atoms with Gasteiger partial charge in [0.2, 0.25) is 0 Å². The van der Waals surface area contributed by atoms with E-state index in [-0.39, 0.29) is 17.1 Å². The van der Waals surface area contributed by atoms with Gasteiger partial charge in [-0.3, -0.25) is 0 Å². The Morgan fingerprint density at radius 1 is 0.833 bits per heavy atom. The van der Waals surface area contributed by atoms with Crippen LogP contribution in [0.4, 0.5) is 0 Å². The molecule has 0 radical (unpaired) electrons. The number of aliphatic hydroxyl groups excluding tert-OH is 2. The summed E-state index contributed by atoms with van der Waals surface area (Å²) in [5, 5.41) is 19.1. The van der Waals surface area contributed by atoms with Crippen LogP contribution in [0, 0.1) is 0 Å². The molecule has 3 nitrogen and oxygen atoms in total. The van der Waals surface area contributed by atoms with Crippen molar-refractivity contribution < 1.29 is 14.9 Å². The molecule has 0 aromatic carbocycles. The van der Waals surface area contributed by atoms with Crippen molar-refractivity contribution in [3.63, 3.8) is 0 Å². The van der Waals surface area contributed by atoms with E-state index in [1.54, 1.807) is 11.8 Å². The molecule has 1 atom stereocenters. The lowest BCUT2D eigenvalue weighted by atomic mass is 9.95. The number of thioether (sulfide) groups is 3. The molecule has 2 N–H and O–H groups in total. The van der Waals surface area contributed by atoms with Crippen molar-refractivity contribution in [3.05, 3.63) is 0 Å². The molecule has 6 heteroatoms. The average Bonchev–Trinajstić information content (AvgIpc) is 2.41. The lowest BCUT2D eigenvalue weighted by molar-refractivity contribution is -0.0486. The minimum Gasteiger partial charge on any atom is -0.391 e. The summed E-state index contributed by atoms with van der Waals surface area (Å²) < 4.78 is 6.24. The van der Waals surface area contributed by atoms with Crippen LogP contribution in [0.5, 0.6) is 0 Å². The topological polar surface area (TPSA) is 49.7 Å². The van der Waals surface area contributed by atoms with Gasteiger partial charge in [0.15, 0.2) is 0 Å². The molecule has 1 aliphatic carbocycles. The van der Waals surface area contributed by atoms with Crippen LogP contribution in [-0.2, 0) is 4.74 Å². The van der Waals surface area contributed by atoms with Crippen LogP contribution in [0.3, 0.4) is 0 Å². The smallest absolute Gasteiger partial charge is 0.114 e. The van der Waals surface area contributed by atoms with Crippen LogP contribution < -0.4 is 0 Å². The maximum atomic E-state index is 9.60. The summed E-state index contributed by atoms with van der Waals surface area (Å²) in [5.41, 5.74) is 0. The SMILES string of the molecule is OC1COC2(CCC3(CC2)SCC(O)CS3)SC1. The number of hydrogen-bond donors (Lipinski definition) is 2. The minimum atomic E-state index is -0.287. The first-order valence-electron chi connectivity index (χ1n) is 6.53. The quantitative estimate of drug-likeness (QED) is 0.713. The normalized spacial score (nSPS) is 49.7. The van der Waals surface area contributed by atoms with E-state index in [2.05, 4.69) is 0 Å². The maximum absolute atomic E-state index is 9.60. The van der Waals surface area contributed by atoms with Crippen molar-refractivity contribution in [3.8, 4) is 0 Å². The fraction of sp³-hybridized carbons (Fsp3) is 1.00. The largest absolute Gasteiger partial charge is 0.391 e. The van der Waals surface area contributed by atoms with Gasteiger partial charge in [-0.2, -0.15) is 0 Å². The van der Waals surface area contributed by atoms with Crippen molar-refractivity contribution in [1.29, 1.82) is 0 Å². The first-order valence-corrected chi connectivity index (χ1v) is 9.49. The Kier molecular flexibility index (Phi) is 4.15. The Labute approximate surface area is 121 Å². The van der Waals surface area contributed by atoms with Gasteiger partial charge < -0.3 is 14.9 Å². The Balaban J connectivity index is 1.57. The van der Waals surface area contributed by atoms with Crippen LogP contribution in [0.15, 0.2) is 0 Å². The Hall–Kier alpha value is 0.930. The molecule has 104 valence electrons. The maximum Gasteiger partial charge on any atom is 0.114 e. The molecule has 1 unspecified atom stereocenters. The number of aliphatic hydroxyl groups is 2. The first kappa shape index (κ1) is 13.9. The van der Waals surface area contributed by atoms with Crippen molar-refractivity contribution in [2.45, 2.75) is 46.9 Å². The fourth-order valence-electron chi connectivity index (χ4n) is 2.76. The molecular weight excluding hydrogens is 288 g/mol. The van der Waals surface area contributed by atoms with Gasteiger partial charge in [-0.1, -0.05) is 0 Å². The number of ether oxygens (including phenoxy) is 1. The molecule has 0 aromatic rings. The molecule has 2 heterocycles. The van der Waals surface area contributed by atoms with Gasteiger partial charge >= 0.3 is 0 Å². The van der Waals surface area contributed by atoms with Crippen molar-refractivity contribution in [2.24, 2.45) is 0 Å².